The number of primary amides is 1. The second-order valence-corrected chi connectivity index (χ2v) is 4.94. The highest BCUT2D eigenvalue weighted by molar-refractivity contribution is 5.87. The summed E-state index contributed by atoms with van der Waals surface area (Å²) in [6.07, 6.45) is 0. The molecule has 0 aliphatic heterocycles. The van der Waals surface area contributed by atoms with Gasteiger partial charge in [0, 0.05) is 13.7 Å². The highest BCUT2D eigenvalue weighted by Crippen LogP contribution is 2.18. The summed E-state index contributed by atoms with van der Waals surface area (Å²) < 4.78 is 4.83. The van der Waals surface area contributed by atoms with E-state index < -0.39 is 17.4 Å². The number of amides is 2. The van der Waals surface area contributed by atoms with Crippen LogP contribution in [0.4, 0.5) is 0 Å². The first kappa shape index (κ1) is 15.9. The van der Waals surface area contributed by atoms with Crippen molar-refractivity contribution in [1.82, 2.24) is 10.6 Å². The van der Waals surface area contributed by atoms with Crippen molar-refractivity contribution in [3.63, 3.8) is 0 Å². The Bertz CT molecular complexity index is 261. The van der Waals surface area contributed by atoms with E-state index in [0.717, 1.165) is 0 Å². The molecule has 6 heteroatoms. The average molecular weight is 245 g/mol. The standard InChI is InChI=1S/C11H23N3O3/c1-11(2,3)9(10(12)16)14-8(15)7-13-5-6-17-4/h9,13H,5-7H2,1-4H3,(H2,12,16)(H,14,15). The molecule has 4 N–H and O–H groups in total. The van der Waals surface area contributed by atoms with Gasteiger partial charge in [-0.15, -0.1) is 0 Å². The van der Waals surface area contributed by atoms with Crippen LogP contribution in [0.15, 0.2) is 0 Å². The Morgan fingerprint density at radius 1 is 1.35 bits per heavy atom. The predicted octanol–water partition coefficient (Wildman–Crippen LogP) is -0.761. The number of hydrogen-bond acceptors (Lipinski definition) is 4. The van der Waals surface area contributed by atoms with Crippen LogP contribution in [0.3, 0.4) is 0 Å². The summed E-state index contributed by atoms with van der Waals surface area (Å²) in [4.78, 5) is 22.8. The Balaban J connectivity index is 4.11. The minimum absolute atomic E-state index is 0.142. The lowest BCUT2D eigenvalue weighted by Crippen LogP contribution is -2.53. The van der Waals surface area contributed by atoms with Gasteiger partial charge in [0.05, 0.1) is 13.2 Å². The van der Waals surface area contributed by atoms with Crippen LogP contribution in [0.1, 0.15) is 20.8 Å². The van der Waals surface area contributed by atoms with E-state index >= 15 is 0 Å². The van der Waals surface area contributed by atoms with Gasteiger partial charge in [0.1, 0.15) is 6.04 Å². The molecule has 0 aromatic heterocycles. The minimum Gasteiger partial charge on any atom is -0.383 e. The molecule has 0 saturated carbocycles. The predicted molar refractivity (Wildman–Crippen MR) is 65.3 cm³/mol. The van der Waals surface area contributed by atoms with E-state index in [1.807, 2.05) is 20.8 Å². The van der Waals surface area contributed by atoms with Gasteiger partial charge in [0.15, 0.2) is 0 Å². The Kier molecular flexibility index (Phi) is 6.75. The van der Waals surface area contributed by atoms with Crippen LogP contribution in [0.2, 0.25) is 0 Å². The third-order valence-corrected chi connectivity index (χ3v) is 2.22. The molecule has 0 saturated heterocycles. The molecule has 0 fully saturated rings. The van der Waals surface area contributed by atoms with E-state index in [4.69, 9.17) is 10.5 Å². The second kappa shape index (κ2) is 7.24. The molecule has 0 radical (unpaired) electrons. The van der Waals surface area contributed by atoms with Gasteiger partial charge in [-0.2, -0.15) is 0 Å². The van der Waals surface area contributed by atoms with E-state index in [2.05, 4.69) is 10.6 Å². The van der Waals surface area contributed by atoms with Crippen LogP contribution in [0.25, 0.3) is 0 Å². The summed E-state index contributed by atoms with van der Waals surface area (Å²) in [7, 11) is 1.59. The zero-order chi connectivity index (χ0) is 13.5. The lowest BCUT2D eigenvalue weighted by molar-refractivity contribution is -0.129. The first-order valence-corrected chi connectivity index (χ1v) is 5.57. The molecule has 17 heavy (non-hydrogen) atoms. The zero-order valence-corrected chi connectivity index (χ0v) is 11.0. The van der Waals surface area contributed by atoms with Gasteiger partial charge >= 0.3 is 0 Å². The Labute approximate surface area is 102 Å². The fourth-order valence-electron chi connectivity index (χ4n) is 1.30. The zero-order valence-electron chi connectivity index (χ0n) is 11.0. The van der Waals surface area contributed by atoms with Crippen LogP contribution in [-0.2, 0) is 14.3 Å². The van der Waals surface area contributed by atoms with Gasteiger partial charge < -0.3 is 21.1 Å². The van der Waals surface area contributed by atoms with Crippen LogP contribution in [-0.4, -0.2) is 44.7 Å². The van der Waals surface area contributed by atoms with Gasteiger partial charge in [-0.05, 0) is 5.41 Å². The number of rotatable bonds is 7. The molecule has 0 heterocycles. The largest absolute Gasteiger partial charge is 0.383 e. The first-order valence-electron chi connectivity index (χ1n) is 5.57. The summed E-state index contributed by atoms with van der Waals surface area (Å²) in [5, 5.41) is 5.51. The maximum absolute atomic E-state index is 11.5. The molecule has 0 bridgehead atoms. The average Bonchev–Trinajstić information content (AvgIpc) is 2.19. The van der Waals surface area contributed by atoms with Gasteiger partial charge in [0.25, 0.3) is 0 Å². The number of nitrogens with two attached hydrogens (primary N) is 1. The summed E-state index contributed by atoms with van der Waals surface area (Å²) in [5.74, 6) is -0.775. The molecule has 0 spiro atoms. The summed E-state index contributed by atoms with van der Waals surface area (Å²) in [5.41, 5.74) is 4.86. The molecule has 1 atom stereocenters. The summed E-state index contributed by atoms with van der Waals surface area (Å²) >= 11 is 0. The molecule has 1 unspecified atom stereocenters. The first-order chi connectivity index (χ1) is 7.79. The van der Waals surface area contributed by atoms with Gasteiger partial charge in [-0.1, -0.05) is 20.8 Å². The van der Waals surface area contributed by atoms with Crippen molar-refractivity contribution in [3.05, 3.63) is 0 Å². The van der Waals surface area contributed by atoms with Crippen molar-refractivity contribution < 1.29 is 14.3 Å². The van der Waals surface area contributed by atoms with Gasteiger partial charge in [-0.25, -0.2) is 0 Å². The van der Waals surface area contributed by atoms with E-state index in [9.17, 15) is 9.59 Å². The molecule has 0 aliphatic rings. The number of ether oxygens (including phenoxy) is 1. The highest BCUT2D eigenvalue weighted by Gasteiger charge is 2.30. The number of carbonyl (C=O) groups is 2. The van der Waals surface area contributed by atoms with Gasteiger partial charge in [-0.3, -0.25) is 9.59 Å². The number of hydrogen-bond donors (Lipinski definition) is 3. The number of nitrogens with one attached hydrogen (secondary N) is 2. The monoisotopic (exact) mass is 245 g/mol. The van der Waals surface area contributed by atoms with Crippen LogP contribution < -0.4 is 16.4 Å². The second-order valence-electron chi connectivity index (χ2n) is 4.94. The lowest BCUT2D eigenvalue weighted by atomic mass is 9.86. The molecular formula is C11H23N3O3. The van der Waals surface area contributed by atoms with Crippen LogP contribution in [0, 0.1) is 5.41 Å². The Morgan fingerprint density at radius 2 is 1.94 bits per heavy atom. The minimum atomic E-state index is -0.667. The van der Waals surface area contributed by atoms with E-state index in [-0.39, 0.29) is 12.5 Å². The fourth-order valence-corrected chi connectivity index (χ4v) is 1.30. The molecule has 0 aromatic carbocycles. The molecular weight excluding hydrogens is 222 g/mol. The highest BCUT2D eigenvalue weighted by atomic mass is 16.5. The smallest absolute Gasteiger partial charge is 0.240 e. The van der Waals surface area contributed by atoms with Crippen LogP contribution in [0.5, 0.6) is 0 Å². The Hall–Kier alpha value is -1.14. The van der Waals surface area contributed by atoms with Crippen molar-refractivity contribution in [3.8, 4) is 0 Å². The third kappa shape index (κ3) is 6.91. The SMILES string of the molecule is COCCNCC(=O)NC(C(N)=O)C(C)(C)C. The van der Waals surface area contributed by atoms with Crippen molar-refractivity contribution in [2.24, 2.45) is 11.1 Å². The third-order valence-electron chi connectivity index (χ3n) is 2.22. The van der Waals surface area contributed by atoms with Gasteiger partial charge in [0.2, 0.25) is 11.8 Å². The van der Waals surface area contributed by atoms with Crippen LogP contribution >= 0.6 is 0 Å². The van der Waals surface area contributed by atoms with Crippen molar-refractivity contribution in [1.29, 1.82) is 0 Å². The lowest BCUT2D eigenvalue weighted by Gasteiger charge is -2.28. The number of carbonyl (C=O) groups excluding carboxylic acids is 2. The molecule has 100 valence electrons. The van der Waals surface area contributed by atoms with Crippen molar-refractivity contribution >= 4 is 11.8 Å². The summed E-state index contributed by atoms with van der Waals surface area (Å²) in [6.45, 7) is 6.80. The molecule has 2 amide bonds. The normalized spacial score (nSPS) is 13.2. The molecule has 6 nitrogen and oxygen atoms in total. The fraction of sp³-hybridized carbons (Fsp3) is 0.818. The number of methoxy groups -OCH3 is 1. The van der Waals surface area contributed by atoms with E-state index in [1.54, 1.807) is 7.11 Å². The van der Waals surface area contributed by atoms with Crippen molar-refractivity contribution in [2.45, 2.75) is 26.8 Å². The molecule has 0 aromatic rings. The quantitative estimate of drug-likeness (QED) is 0.514. The molecule has 0 aliphatic carbocycles. The van der Waals surface area contributed by atoms with E-state index in [0.29, 0.717) is 13.2 Å². The maximum Gasteiger partial charge on any atom is 0.240 e. The molecule has 0 rings (SSSR count). The topological polar surface area (TPSA) is 93.4 Å². The van der Waals surface area contributed by atoms with Crippen molar-refractivity contribution in [2.75, 3.05) is 26.8 Å². The summed E-state index contributed by atoms with van der Waals surface area (Å²) in [6, 6.07) is -0.667. The Morgan fingerprint density at radius 3 is 2.35 bits per heavy atom. The maximum atomic E-state index is 11.5. The van der Waals surface area contributed by atoms with E-state index in [1.165, 1.54) is 0 Å².